The van der Waals surface area contributed by atoms with Gasteiger partial charge in [0.1, 0.15) is 0 Å². The second-order valence-corrected chi connectivity index (χ2v) is 5.68. The van der Waals surface area contributed by atoms with E-state index in [4.69, 9.17) is 0 Å². The average molecular weight is 358 g/mol. The predicted octanol–water partition coefficient (Wildman–Crippen LogP) is 3.06. The van der Waals surface area contributed by atoms with Crippen molar-refractivity contribution in [2.24, 2.45) is 0 Å². The van der Waals surface area contributed by atoms with Crippen LogP contribution in [0.15, 0.2) is 29.6 Å². The molecule has 0 spiro atoms. The number of ether oxygens (including phenoxy) is 1. The van der Waals surface area contributed by atoms with Crippen molar-refractivity contribution in [2.75, 3.05) is 12.4 Å². The summed E-state index contributed by atoms with van der Waals surface area (Å²) >= 11 is 1.12. The number of methoxy groups -OCH3 is 1. The number of esters is 1. The molecule has 1 aromatic carbocycles. The van der Waals surface area contributed by atoms with E-state index in [9.17, 15) is 22.8 Å². The average Bonchev–Trinajstić information content (AvgIpc) is 2.93. The number of nitrogens with one attached hydrogen (secondary N) is 1. The zero-order valence-corrected chi connectivity index (χ0v) is 13.3. The Morgan fingerprint density at radius 1 is 1.29 bits per heavy atom. The molecule has 9 heteroatoms. The van der Waals surface area contributed by atoms with E-state index < -0.39 is 23.6 Å². The Balaban J connectivity index is 1.97. The van der Waals surface area contributed by atoms with E-state index in [1.165, 1.54) is 19.2 Å². The van der Waals surface area contributed by atoms with Crippen molar-refractivity contribution >= 4 is 28.3 Å². The first kappa shape index (κ1) is 17.9. The van der Waals surface area contributed by atoms with Gasteiger partial charge < -0.3 is 10.1 Å². The number of carbonyl (C=O) groups excluding carboxylic acids is 2. The first-order valence-electron chi connectivity index (χ1n) is 6.75. The highest BCUT2D eigenvalue weighted by Gasteiger charge is 2.30. The molecular weight excluding hydrogens is 345 g/mol. The molecule has 0 aliphatic heterocycles. The quantitative estimate of drug-likeness (QED) is 0.834. The molecule has 2 rings (SSSR count). The molecule has 0 bridgehead atoms. The summed E-state index contributed by atoms with van der Waals surface area (Å²) in [6, 6.07) is 4.58. The SMILES string of the molecule is COC(=O)Cc1csc(NC(=O)Cc2cccc(C(F)(F)F)c2)n1. The monoisotopic (exact) mass is 358 g/mol. The summed E-state index contributed by atoms with van der Waals surface area (Å²) < 4.78 is 42.4. The zero-order valence-electron chi connectivity index (χ0n) is 12.5. The maximum absolute atomic E-state index is 12.6. The molecule has 0 radical (unpaired) electrons. The lowest BCUT2D eigenvalue weighted by atomic mass is 10.1. The fraction of sp³-hybridized carbons (Fsp3) is 0.267. The number of carbonyl (C=O) groups is 2. The molecule has 0 aliphatic rings. The van der Waals surface area contributed by atoms with Gasteiger partial charge in [0.15, 0.2) is 5.13 Å². The highest BCUT2D eigenvalue weighted by Crippen LogP contribution is 2.29. The highest BCUT2D eigenvalue weighted by molar-refractivity contribution is 7.13. The maximum Gasteiger partial charge on any atom is 0.416 e. The van der Waals surface area contributed by atoms with Crippen molar-refractivity contribution in [3.8, 4) is 0 Å². The van der Waals surface area contributed by atoms with Crippen LogP contribution in [-0.2, 0) is 33.3 Å². The Morgan fingerprint density at radius 3 is 2.71 bits per heavy atom. The molecule has 0 unspecified atom stereocenters. The minimum atomic E-state index is -4.45. The van der Waals surface area contributed by atoms with Gasteiger partial charge in [-0.3, -0.25) is 9.59 Å². The van der Waals surface area contributed by atoms with Crippen LogP contribution in [-0.4, -0.2) is 24.0 Å². The van der Waals surface area contributed by atoms with E-state index in [1.54, 1.807) is 5.38 Å². The molecule has 2 aromatic rings. The summed E-state index contributed by atoms with van der Waals surface area (Å²) in [6.45, 7) is 0. The van der Waals surface area contributed by atoms with Gasteiger partial charge >= 0.3 is 12.1 Å². The lowest BCUT2D eigenvalue weighted by molar-refractivity contribution is -0.140. The number of thiazole rings is 1. The molecule has 128 valence electrons. The zero-order chi connectivity index (χ0) is 17.7. The van der Waals surface area contributed by atoms with Crippen LogP contribution >= 0.6 is 11.3 Å². The number of amides is 1. The molecule has 5 nitrogen and oxygen atoms in total. The van der Waals surface area contributed by atoms with Crippen LogP contribution < -0.4 is 5.32 Å². The fourth-order valence-electron chi connectivity index (χ4n) is 1.87. The molecule has 1 N–H and O–H groups in total. The second kappa shape index (κ2) is 7.43. The molecule has 0 atom stereocenters. The van der Waals surface area contributed by atoms with E-state index in [-0.39, 0.29) is 23.5 Å². The van der Waals surface area contributed by atoms with Crippen LogP contribution in [0.4, 0.5) is 18.3 Å². The van der Waals surface area contributed by atoms with Crippen molar-refractivity contribution in [3.05, 3.63) is 46.5 Å². The number of halogens is 3. The summed E-state index contributed by atoms with van der Waals surface area (Å²) in [7, 11) is 1.26. The van der Waals surface area contributed by atoms with E-state index >= 15 is 0 Å². The van der Waals surface area contributed by atoms with Gasteiger partial charge in [0.05, 0.1) is 31.2 Å². The first-order valence-corrected chi connectivity index (χ1v) is 7.63. The summed E-state index contributed by atoms with van der Waals surface area (Å²) in [5, 5.41) is 4.36. The van der Waals surface area contributed by atoms with Gasteiger partial charge in [-0.2, -0.15) is 13.2 Å². The molecule has 24 heavy (non-hydrogen) atoms. The Morgan fingerprint density at radius 2 is 2.04 bits per heavy atom. The standard InChI is InChI=1S/C15H13F3N2O3S/c1-23-13(22)7-11-8-24-14(19-11)20-12(21)6-9-3-2-4-10(5-9)15(16,17)18/h2-5,8H,6-7H2,1H3,(H,19,20,21). The van der Waals surface area contributed by atoms with Crippen LogP contribution in [0, 0.1) is 0 Å². The molecule has 1 amide bonds. The smallest absolute Gasteiger partial charge is 0.416 e. The molecule has 1 aromatic heterocycles. The fourth-order valence-corrected chi connectivity index (χ4v) is 2.60. The van der Waals surface area contributed by atoms with Gasteiger partial charge in [-0.25, -0.2) is 4.98 Å². The summed E-state index contributed by atoms with van der Waals surface area (Å²) in [5.41, 5.74) is -0.114. The molecule has 0 saturated heterocycles. The molecule has 0 fully saturated rings. The molecule has 0 saturated carbocycles. The number of alkyl halides is 3. The number of hydrogen-bond donors (Lipinski definition) is 1. The normalized spacial score (nSPS) is 11.2. The number of hydrogen-bond acceptors (Lipinski definition) is 5. The number of benzene rings is 1. The topological polar surface area (TPSA) is 68.3 Å². The van der Waals surface area contributed by atoms with Crippen LogP contribution in [0.2, 0.25) is 0 Å². The van der Waals surface area contributed by atoms with Crippen molar-refractivity contribution in [2.45, 2.75) is 19.0 Å². The highest BCUT2D eigenvalue weighted by atomic mass is 32.1. The number of nitrogens with zero attached hydrogens (tertiary/aromatic N) is 1. The van der Waals surface area contributed by atoms with E-state index in [2.05, 4.69) is 15.0 Å². The van der Waals surface area contributed by atoms with Crippen LogP contribution in [0.5, 0.6) is 0 Å². The van der Waals surface area contributed by atoms with Crippen molar-refractivity contribution in [3.63, 3.8) is 0 Å². The number of rotatable bonds is 5. The lowest BCUT2D eigenvalue weighted by Gasteiger charge is -2.08. The van der Waals surface area contributed by atoms with Gasteiger partial charge in [0, 0.05) is 5.38 Å². The van der Waals surface area contributed by atoms with Gasteiger partial charge in [-0.05, 0) is 11.6 Å². The van der Waals surface area contributed by atoms with E-state index in [1.807, 2.05) is 0 Å². The Bertz CT molecular complexity index is 744. The maximum atomic E-state index is 12.6. The summed E-state index contributed by atoms with van der Waals surface area (Å²) in [4.78, 5) is 27.1. The minimum Gasteiger partial charge on any atom is -0.469 e. The minimum absolute atomic E-state index is 0.0174. The molecule has 1 heterocycles. The van der Waals surface area contributed by atoms with Gasteiger partial charge in [-0.15, -0.1) is 11.3 Å². The molecular formula is C15H13F3N2O3S. The third-order valence-corrected chi connectivity index (χ3v) is 3.78. The largest absolute Gasteiger partial charge is 0.469 e. The van der Waals surface area contributed by atoms with Gasteiger partial charge in [0.25, 0.3) is 0 Å². The number of aromatic nitrogens is 1. The van der Waals surface area contributed by atoms with Crippen molar-refractivity contribution in [1.29, 1.82) is 0 Å². The lowest BCUT2D eigenvalue weighted by Crippen LogP contribution is -2.15. The summed E-state index contributed by atoms with van der Waals surface area (Å²) in [6.07, 6.45) is -4.68. The van der Waals surface area contributed by atoms with Crippen molar-refractivity contribution in [1.82, 2.24) is 4.98 Å². The number of anilines is 1. The Kier molecular flexibility index (Phi) is 5.55. The van der Waals surface area contributed by atoms with Crippen molar-refractivity contribution < 1.29 is 27.5 Å². The summed E-state index contributed by atoms with van der Waals surface area (Å²) in [5.74, 6) is -0.949. The third kappa shape index (κ3) is 5.05. The van der Waals surface area contributed by atoms with Crippen LogP contribution in [0.25, 0.3) is 0 Å². The Labute approximate surface area is 139 Å². The first-order chi connectivity index (χ1) is 11.3. The van der Waals surface area contributed by atoms with Gasteiger partial charge in [0.2, 0.25) is 5.91 Å². The van der Waals surface area contributed by atoms with Crippen LogP contribution in [0.1, 0.15) is 16.8 Å². The van der Waals surface area contributed by atoms with Crippen LogP contribution in [0.3, 0.4) is 0 Å². The third-order valence-electron chi connectivity index (χ3n) is 2.97. The van der Waals surface area contributed by atoms with E-state index in [0.29, 0.717) is 5.69 Å². The van der Waals surface area contributed by atoms with Gasteiger partial charge in [-0.1, -0.05) is 18.2 Å². The van der Waals surface area contributed by atoms with E-state index in [0.717, 1.165) is 23.5 Å². The molecule has 0 aliphatic carbocycles. The predicted molar refractivity (Wildman–Crippen MR) is 81.6 cm³/mol. The Hall–Kier alpha value is -2.42. The second-order valence-electron chi connectivity index (χ2n) is 4.82.